The molecule has 0 fully saturated rings. The molecule has 0 aliphatic carbocycles. The number of alkyl halides is 2. The lowest BCUT2D eigenvalue weighted by Crippen LogP contribution is -2.36. The molecule has 0 aliphatic heterocycles. The van der Waals surface area contributed by atoms with Gasteiger partial charge < -0.3 is 14.8 Å². The first kappa shape index (κ1) is 20.3. The third-order valence-corrected chi connectivity index (χ3v) is 3.57. The molecule has 2 aromatic rings. The second-order valence-electron chi connectivity index (χ2n) is 5.62. The van der Waals surface area contributed by atoms with Crippen molar-refractivity contribution < 1.29 is 32.2 Å². The lowest BCUT2D eigenvalue weighted by Gasteiger charge is -2.14. The average molecular weight is 381 g/mol. The summed E-state index contributed by atoms with van der Waals surface area (Å²) in [6, 6.07) is 11.0. The monoisotopic (exact) mass is 381 g/mol. The van der Waals surface area contributed by atoms with E-state index in [9.17, 15) is 22.8 Å². The Kier molecular flexibility index (Phi) is 7.22. The lowest BCUT2D eigenvalue weighted by molar-refractivity contribution is -0.129. The van der Waals surface area contributed by atoms with Crippen molar-refractivity contribution in [3.8, 4) is 5.75 Å². The second kappa shape index (κ2) is 9.61. The Morgan fingerprint density at radius 1 is 1.11 bits per heavy atom. The van der Waals surface area contributed by atoms with E-state index in [0.717, 1.165) is 11.6 Å². The minimum atomic E-state index is -3.01. The van der Waals surface area contributed by atoms with Crippen LogP contribution in [0.25, 0.3) is 0 Å². The number of ether oxygens (including phenoxy) is 2. The van der Waals surface area contributed by atoms with Gasteiger partial charge in [-0.25, -0.2) is 9.18 Å². The molecule has 1 amide bonds. The predicted octanol–water partition coefficient (Wildman–Crippen LogP) is 3.33. The number of amides is 1. The van der Waals surface area contributed by atoms with Crippen molar-refractivity contribution in [2.24, 2.45) is 0 Å². The van der Waals surface area contributed by atoms with Gasteiger partial charge in [0.15, 0.2) is 6.10 Å². The fourth-order valence-electron chi connectivity index (χ4n) is 2.21. The van der Waals surface area contributed by atoms with Crippen molar-refractivity contribution in [1.82, 2.24) is 5.32 Å². The van der Waals surface area contributed by atoms with E-state index in [-0.39, 0.29) is 23.7 Å². The zero-order valence-corrected chi connectivity index (χ0v) is 14.5. The van der Waals surface area contributed by atoms with Gasteiger partial charge in [-0.3, -0.25) is 4.79 Å². The van der Waals surface area contributed by atoms with Crippen molar-refractivity contribution in [3.05, 3.63) is 65.5 Å². The summed E-state index contributed by atoms with van der Waals surface area (Å²) < 4.78 is 46.5. The molecule has 1 atom stereocenters. The van der Waals surface area contributed by atoms with Crippen LogP contribution in [-0.2, 0) is 16.0 Å². The third kappa shape index (κ3) is 6.65. The molecular formula is C19H18F3NO4. The van der Waals surface area contributed by atoms with Crippen LogP contribution >= 0.6 is 0 Å². The number of nitrogens with one attached hydrogen (secondary N) is 1. The first-order valence-electron chi connectivity index (χ1n) is 8.13. The van der Waals surface area contributed by atoms with Gasteiger partial charge in [-0.1, -0.05) is 18.2 Å². The zero-order chi connectivity index (χ0) is 19.8. The Balaban J connectivity index is 1.82. The average Bonchev–Trinajstić information content (AvgIpc) is 2.62. The van der Waals surface area contributed by atoms with Gasteiger partial charge in [-0.2, -0.15) is 8.78 Å². The van der Waals surface area contributed by atoms with Gasteiger partial charge in [0.2, 0.25) is 0 Å². The molecule has 2 rings (SSSR count). The summed E-state index contributed by atoms with van der Waals surface area (Å²) >= 11 is 0. The summed E-state index contributed by atoms with van der Waals surface area (Å²) in [5, 5.41) is 2.61. The van der Waals surface area contributed by atoms with E-state index in [1.165, 1.54) is 37.3 Å². The molecule has 2 aromatic carbocycles. The normalized spacial score (nSPS) is 11.7. The van der Waals surface area contributed by atoms with Gasteiger partial charge in [0.25, 0.3) is 5.91 Å². The first-order valence-corrected chi connectivity index (χ1v) is 8.13. The molecule has 1 N–H and O–H groups in total. The van der Waals surface area contributed by atoms with E-state index >= 15 is 0 Å². The molecule has 144 valence electrons. The topological polar surface area (TPSA) is 64.6 Å². The lowest BCUT2D eigenvalue weighted by atomic mass is 10.1. The Morgan fingerprint density at radius 3 is 2.48 bits per heavy atom. The van der Waals surface area contributed by atoms with Crippen molar-refractivity contribution in [1.29, 1.82) is 0 Å². The Morgan fingerprint density at radius 2 is 1.81 bits per heavy atom. The highest BCUT2D eigenvalue weighted by atomic mass is 19.3. The van der Waals surface area contributed by atoms with E-state index in [1.807, 2.05) is 0 Å². The molecule has 8 heteroatoms. The molecule has 0 saturated carbocycles. The molecule has 0 saturated heterocycles. The maximum Gasteiger partial charge on any atom is 0.387 e. The molecule has 0 heterocycles. The second-order valence-corrected chi connectivity index (χ2v) is 5.62. The predicted molar refractivity (Wildman–Crippen MR) is 91.1 cm³/mol. The summed E-state index contributed by atoms with van der Waals surface area (Å²) in [5.74, 6) is -1.87. The molecule has 0 spiro atoms. The minimum Gasteiger partial charge on any atom is -0.449 e. The molecule has 0 aliphatic rings. The van der Waals surface area contributed by atoms with Crippen LogP contribution in [-0.4, -0.2) is 31.1 Å². The summed E-state index contributed by atoms with van der Waals surface area (Å²) in [6.07, 6.45) is -0.593. The van der Waals surface area contributed by atoms with E-state index in [0.29, 0.717) is 6.42 Å². The third-order valence-electron chi connectivity index (χ3n) is 3.57. The van der Waals surface area contributed by atoms with Crippen LogP contribution in [0.5, 0.6) is 5.75 Å². The van der Waals surface area contributed by atoms with E-state index in [4.69, 9.17) is 4.74 Å². The van der Waals surface area contributed by atoms with Crippen LogP contribution in [0, 0.1) is 5.82 Å². The van der Waals surface area contributed by atoms with Crippen LogP contribution in [0.1, 0.15) is 22.8 Å². The summed E-state index contributed by atoms with van der Waals surface area (Å²) in [7, 11) is 0. The molecule has 0 aromatic heterocycles. The molecule has 1 unspecified atom stereocenters. The highest BCUT2D eigenvalue weighted by Crippen LogP contribution is 2.17. The number of halogens is 3. The largest absolute Gasteiger partial charge is 0.449 e. The number of esters is 1. The summed E-state index contributed by atoms with van der Waals surface area (Å²) in [4.78, 5) is 24.0. The van der Waals surface area contributed by atoms with E-state index in [1.54, 1.807) is 12.1 Å². The zero-order valence-electron chi connectivity index (χ0n) is 14.5. The maximum absolute atomic E-state index is 12.8. The van der Waals surface area contributed by atoms with Gasteiger partial charge in [0.05, 0.1) is 5.56 Å². The van der Waals surface area contributed by atoms with Crippen LogP contribution in [0.3, 0.4) is 0 Å². The number of hydrogen-bond acceptors (Lipinski definition) is 4. The van der Waals surface area contributed by atoms with Crippen molar-refractivity contribution in [2.75, 3.05) is 6.54 Å². The highest BCUT2D eigenvalue weighted by Gasteiger charge is 2.19. The Bertz CT molecular complexity index is 781. The number of benzene rings is 2. The van der Waals surface area contributed by atoms with Gasteiger partial charge in [0.1, 0.15) is 11.6 Å². The maximum atomic E-state index is 12.8. The van der Waals surface area contributed by atoms with Crippen LogP contribution in [0.15, 0.2) is 48.5 Å². The van der Waals surface area contributed by atoms with E-state index < -0.39 is 24.6 Å². The van der Waals surface area contributed by atoms with Crippen LogP contribution in [0.2, 0.25) is 0 Å². The van der Waals surface area contributed by atoms with Gasteiger partial charge >= 0.3 is 12.6 Å². The van der Waals surface area contributed by atoms with Crippen LogP contribution in [0.4, 0.5) is 13.2 Å². The number of rotatable bonds is 8. The molecular weight excluding hydrogens is 363 g/mol. The van der Waals surface area contributed by atoms with E-state index in [2.05, 4.69) is 10.1 Å². The van der Waals surface area contributed by atoms with Gasteiger partial charge in [0, 0.05) is 6.54 Å². The fourth-order valence-corrected chi connectivity index (χ4v) is 2.21. The number of hydrogen-bond donors (Lipinski definition) is 1. The minimum absolute atomic E-state index is 0.0147. The van der Waals surface area contributed by atoms with Gasteiger partial charge in [-0.05, 0) is 49.2 Å². The number of carbonyl (C=O) groups excluding carboxylic acids is 2. The van der Waals surface area contributed by atoms with Crippen molar-refractivity contribution in [2.45, 2.75) is 26.1 Å². The number of carbonyl (C=O) groups is 2. The van der Waals surface area contributed by atoms with Gasteiger partial charge in [-0.15, -0.1) is 0 Å². The van der Waals surface area contributed by atoms with Crippen LogP contribution < -0.4 is 10.1 Å². The highest BCUT2D eigenvalue weighted by molar-refractivity contribution is 5.92. The fraction of sp³-hybridized carbons (Fsp3) is 0.263. The molecule has 5 nitrogen and oxygen atoms in total. The Labute approximate surface area is 154 Å². The standard InChI is InChI=1S/C19H18F3NO4/c1-12(17(24)23-10-9-13-5-7-15(20)8-6-13)26-18(25)14-3-2-4-16(11-14)27-19(21)22/h2-8,11-12,19H,9-10H2,1H3,(H,23,24). The Hall–Kier alpha value is -3.03. The summed E-state index contributed by atoms with van der Waals surface area (Å²) in [6.45, 7) is -1.34. The molecule has 27 heavy (non-hydrogen) atoms. The smallest absolute Gasteiger partial charge is 0.387 e. The SMILES string of the molecule is CC(OC(=O)c1cccc(OC(F)F)c1)C(=O)NCCc1ccc(F)cc1. The quantitative estimate of drug-likeness (QED) is 0.713. The molecule has 0 radical (unpaired) electrons. The van der Waals surface area contributed by atoms with Crippen molar-refractivity contribution >= 4 is 11.9 Å². The van der Waals surface area contributed by atoms with Crippen molar-refractivity contribution in [3.63, 3.8) is 0 Å². The molecule has 0 bridgehead atoms. The summed E-state index contributed by atoms with van der Waals surface area (Å²) in [5.41, 5.74) is 0.830. The first-order chi connectivity index (χ1) is 12.8.